The first-order valence-electron chi connectivity index (χ1n) is 16.2. The molecule has 1 aromatic heterocycles. The van der Waals surface area contributed by atoms with Gasteiger partial charge in [-0.3, -0.25) is 9.59 Å². The third-order valence-electron chi connectivity index (χ3n) is 8.82. The maximum absolute atomic E-state index is 12.5. The lowest BCUT2D eigenvalue weighted by Crippen LogP contribution is -2.54. The summed E-state index contributed by atoms with van der Waals surface area (Å²) in [5, 5.41) is 0. The van der Waals surface area contributed by atoms with E-state index in [0.717, 1.165) is 48.0 Å². The molecule has 1 aromatic carbocycles. The smallest absolute Gasteiger partial charge is 0.313 e. The molecule has 2 heterocycles. The van der Waals surface area contributed by atoms with E-state index in [2.05, 4.69) is 44.2 Å². The van der Waals surface area contributed by atoms with E-state index in [1.807, 2.05) is 33.2 Å². The summed E-state index contributed by atoms with van der Waals surface area (Å²) in [4.78, 5) is 35.8. The average molecular weight is 574 g/mol. The molecule has 2 aromatic rings. The molecule has 1 fully saturated rings. The minimum absolute atomic E-state index is 0.112. The fourth-order valence-electron chi connectivity index (χ4n) is 6.08. The number of ether oxygens (including phenoxy) is 1. The minimum atomic E-state index is -0.491. The quantitative estimate of drug-likeness (QED) is 0.190. The van der Waals surface area contributed by atoms with E-state index < -0.39 is 5.60 Å². The van der Waals surface area contributed by atoms with Crippen molar-refractivity contribution in [1.29, 1.82) is 0 Å². The van der Waals surface area contributed by atoms with Crippen molar-refractivity contribution in [3.05, 3.63) is 53.9 Å². The molecular weight excluding hydrogens is 522 g/mol. The van der Waals surface area contributed by atoms with Gasteiger partial charge in [0, 0.05) is 43.0 Å². The fraction of sp³-hybridized carbons (Fsp3) is 0.611. The molecule has 1 aliphatic carbocycles. The summed E-state index contributed by atoms with van der Waals surface area (Å²) in [5.41, 5.74) is 4.26. The number of esters is 1. The van der Waals surface area contributed by atoms with Gasteiger partial charge in [-0.15, -0.1) is 0 Å². The van der Waals surface area contributed by atoms with Gasteiger partial charge >= 0.3 is 5.97 Å². The second-order valence-electron chi connectivity index (χ2n) is 13.5. The molecule has 0 radical (unpaired) electrons. The van der Waals surface area contributed by atoms with Crippen molar-refractivity contribution in [2.75, 3.05) is 13.1 Å². The highest BCUT2D eigenvalue weighted by molar-refractivity contribution is 5.81. The van der Waals surface area contributed by atoms with E-state index in [9.17, 15) is 9.59 Å². The van der Waals surface area contributed by atoms with Gasteiger partial charge in [-0.05, 0) is 82.3 Å². The Balaban J connectivity index is 1.21. The molecule has 2 aliphatic rings. The number of amides is 1. The number of aromatic nitrogens is 2. The normalized spacial score (nSPS) is 18.5. The Labute approximate surface area is 253 Å². The van der Waals surface area contributed by atoms with Crippen molar-refractivity contribution in [2.24, 2.45) is 17.8 Å². The van der Waals surface area contributed by atoms with Gasteiger partial charge in [-0.1, -0.05) is 69.9 Å². The summed E-state index contributed by atoms with van der Waals surface area (Å²) in [6.07, 6.45) is 18.7. The van der Waals surface area contributed by atoms with Crippen LogP contribution in [-0.2, 0) is 20.7 Å². The summed E-state index contributed by atoms with van der Waals surface area (Å²) < 4.78 is 5.42. The van der Waals surface area contributed by atoms with Crippen LogP contribution in [0.2, 0.25) is 0 Å². The zero-order chi connectivity index (χ0) is 30.1. The Morgan fingerprint density at radius 2 is 1.74 bits per heavy atom. The van der Waals surface area contributed by atoms with Gasteiger partial charge in [0.1, 0.15) is 5.60 Å². The molecule has 1 saturated heterocycles. The molecule has 228 valence electrons. The monoisotopic (exact) mass is 573 g/mol. The van der Waals surface area contributed by atoms with Gasteiger partial charge in [0.2, 0.25) is 5.91 Å². The Hall–Kier alpha value is -3.02. The number of carbonyl (C=O) groups is 2. The number of hydrogen-bond acceptors (Lipinski definition) is 5. The second-order valence-corrected chi connectivity index (χ2v) is 13.5. The van der Waals surface area contributed by atoms with Crippen LogP contribution in [0.5, 0.6) is 0 Å². The van der Waals surface area contributed by atoms with Crippen LogP contribution in [0, 0.1) is 17.8 Å². The molecule has 0 N–H and O–H groups in total. The van der Waals surface area contributed by atoms with Crippen LogP contribution in [0.4, 0.5) is 0 Å². The number of rotatable bonds is 12. The van der Waals surface area contributed by atoms with Gasteiger partial charge in [0.15, 0.2) is 5.82 Å². The van der Waals surface area contributed by atoms with Gasteiger partial charge in [0.05, 0.1) is 5.92 Å². The zero-order valence-electron chi connectivity index (χ0n) is 26.5. The molecule has 0 bridgehead atoms. The summed E-state index contributed by atoms with van der Waals surface area (Å²) in [7, 11) is 0. The third kappa shape index (κ3) is 9.24. The maximum Gasteiger partial charge on any atom is 0.313 e. The van der Waals surface area contributed by atoms with E-state index in [1.165, 1.54) is 56.1 Å². The summed E-state index contributed by atoms with van der Waals surface area (Å²) in [5.74, 6) is 2.05. The van der Waals surface area contributed by atoms with Crippen LogP contribution in [0.1, 0.15) is 110 Å². The Morgan fingerprint density at radius 3 is 2.40 bits per heavy atom. The van der Waals surface area contributed by atoms with Crippen LogP contribution in [0.3, 0.4) is 0 Å². The van der Waals surface area contributed by atoms with Crippen molar-refractivity contribution in [2.45, 2.75) is 111 Å². The first-order valence-corrected chi connectivity index (χ1v) is 16.2. The standard InChI is InChI=1S/C36H51N3O3/c1-6-7-8-11-26(2)28-13-10-14-29(21-20-28)31-22-37-34(38-23-31)30-18-16-27(17-19-30)12-9-15-33(40)39-24-32(25-39)35(41)42-36(3,4)5/h16-19,21-23,26,28,32H,6-15,20,24-25H2,1-5H3/t26-,28?/m1/s1. The summed E-state index contributed by atoms with van der Waals surface area (Å²) >= 11 is 0. The van der Waals surface area contributed by atoms with E-state index in [-0.39, 0.29) is 17.8 Å². The Bertz CT molecular complexity index is 1190. The number of unbranched alkanes of at least 4 members (excludes halogenated alkanes) is 2. The molecule has 0 spiro atoms. The number of benzene rings is 1. The van der Waals surface area contributed by atoms with Crippen LogP contribution in [0.25, 0.3) is 17.0 Å². The molecule has 6 nitrogen and oxygen atoms in total. The number of allylic oxidation sites excluding steroid dienone is 2. The highest BCUT2D eigenvalue weighted by Gasteiger charge is 2.37. The van der Waals surface area contributed by atoms with Gasteiger partial charge < -0.3 is 9.64 Å². The summed E-state index contributed by atoms with van der Waals surface area (Å²) in [6.45, 7) is 11.3. The maximum atomic E-state index is 12.5. The SMILES string of the molecule is CCCCC[C@@H](C)C1CC=C(c2cnc(-c3ccc(CCCC(=O)N4CC(C(=O)OC(C)(C)C)C4)cc3)nc2)CCC1. The topological polar surface area (TPSA) is 72.4 Å². The Kier molecular flexibility index (Phi) is 11.3. The first kappa shape index (κ1) is 31.9. The van der Waals surface area contributed by atoms with Crippen LogP contribution in [0.15, 0.2) is 42.7 Å². The molecule has 0 saturated carbocycles. The number of aryl methyl sites for hydroxylation is 1. The number of likely N-dealkylation sites (tertiary alicyclic amines) is 1. The molecule has 1 aliphatic heterocycles. The molecule has 4 rings (SSSR count). The van der Waals surface area contributed by atoms with Crippen molar-refractivity contribution in [3.63, 3.8) is 0 Å². The largest absolute Gasteiger partial charge is 0.460 e. The van der Waals surface area contributed by atoms with Crippen molar-refractivity contribution in [1.82, 2.24) is 14.9 Å². The number of nitrogens with zero attached hydrogens (tertiary/aromatic N) is 3. The first-order chi connectivity index (χ1) is 20.1. The molecule has 42 heavy (non-hydrogen) atoms. The third-order valence-corrected chi connectivity index (χ3v) is 8.82. The van der Waals surface area contributed by atoms with Crippen molar-refractivity contribution >= 4 is 17.4 Å². The van der Waals surface area contributed by atoms with Gasteiger partial charge in [0.25, 0.3) is 0 Å². The lowest BCUT2D eigenvalue weighted by atomic mass is 9.84. The predicted octanol–water partition coefficient (Wildman–Crippen LogP) is 8.06. The number of hydrogen-bond donors (Lipinski definition) is 0. The van der Waals surface area contributed by atoms with Crippen LogP contribution < -0.4 is 0 Å². The molecule has 6 heteroatoms. The minimum Gasteiger partial charge on any atom is -0.460 e. The van der Waals surface area contributed by atoms with Gasteiger partial charge in [-0.2, -0.15) is 0 Å². The predicted molar refractivity (Wildman–Crippen MR) is 170 cm³/mol. The van der Waals surface area contributed by atoms with E-state index >= 15 is 0 Å². The van der Waals surface area contributed by atoms with Gasteiger partial charge in [-0.25, -0.2) is 9.97 Å². The lowest BCUT2D eigenvalue weighted by Gasteiger charge is -2.39. The van der Waals surface area contributed by atoms with E-state index in [1.54, 1.807) is 4.90 Å². The van der Waals surface area contributed by atoms with Crippen LogP contribution in [-0.4, -0.2) is 45.4 Å². The molecule has 1 unspecified atom stereocenters. The second kappa shape index (κ2) is 14.9. The van der Waals surface area contributed by atoms with Crippen molar-refractivity contribution in [3.8, 4) is 11.4 Å². The van der Waals surface area contributed by atoms with Crippen LogP contribution >= 0.6 is 0 Å². The highest BCUT2D eigenvalue weighted by atomic mass is 16.6. The molecule has 1 amide bonds. The average Bonchev–Trinajstić information content (AvgIpc) is 3.18. The highest BCUT2D eigenvalue weighted by Crippen LogP contribution is 2.34. The molecule has 2 atom stereocenters. The number of carbonyl (C=O) groups excluding carboxylic acids is 2. The fourth-order valence-corrected chi connectivity index (χ4v) is 6.08. The van der Waals surface area contributed by atoms with E-state index in [4.69, 9.17) is 14.7 Å². The van der Waals surface area contributed by atoms with Crippen molar-refractivity contribution < 1.29 is 14.3 Å². The Morgan fingerprint density at radius 1 is 1.02 bits per heavy atom. The zero-order valence-corrected chi connectivity index (χ0v) is 26.5. The molecular formula is C36H51N3O3. The summed E-state index contributed by atoms with van der Waals surface area (Å²) in [6, 6.07) is 8.36. The lowest BCUT2D eigenvalue weighted by molar-refractivity contribution is -0.167. The van der Waals surface area contributed by atoms with E-state index in [0.29, 0.717) is 19.5 Å².